The van der Waals surface area contributed by atoms with Crippen LogP contribution in [0.15, 0.2) is 11.4 Å². The first-order chi connectivity index (χ1) is 7.10. The van der Waals surface area contributed by atoms with Gasteiger partial charge >= 0.3 is 0 Å². The zero-order valence-electron chi connectivity index (χ0n) is 9.09. The smallest absolute Gasteiger partial charge is 0.126 e. The number of nitrogens with two attached hydrogens (primary N) is 1. The molecule has 0 fully saturated rings. The molecule has 0 bridgehead atoms. The van der Waals surface area contributed by atoms with Gasteiger partial charge < -0.3 is 16.4 Å². The van der Waals surface area contributed by atoms with Crippen molar-refractivity contribution in [2.24, 2.45) is 11.7 Å². The maximum absolute atomic E-state index is 8.89. The van der Waals surface area contributed by atoms with Gasteiger partial charge in [0.15, 0.2) is 0 Å². The molecule has 1 unspecified atom stereocenters. The Morgan fingerprint density at radius 2 is 2.53 bits per heavy atom. The van der Waals surface area contributed by atoms with Crippen LogP contribution in [0.2, 0.25) is 0 Å². The highest BCUT2D eigenvalue weighted by molar-refractivity contribution is 5.98. The number of nitrogens with one attached hydrogen (secondary N) is 3. The first-order valence-electron chi connectivity index (χ1n) is 5.08. The van der Waals surface area contributed by atoms with Crippen molar-refractivity contribution < 1.29 is 0 Å². The molecule has 1 heterocycles. The van der Waals surface area contributed by atoms with E-state index in [0.29, 0.717) is 17.9 Å². The molecule has 0 spiro atoms. The van der Waals surface area contributed by atoms with E-state index < -0.39 is 0 Å². The number of hydrogen-bond donors (Lipinski definition) is 4. The van der Waals surface area contributed by atoms with E-state index in [1.54, 1.807) is 0 Å². The van der Waals surface area contributed by atoms with Crippen LogP contribution < -0.4 is 16.4 Å². The Hall–Kier alpha value is -1.70. The number of amidine groups is 1. The number of rotatable bonds is 3. The van der Waals surface area contributed by atoms with Crippen LogP contribution in [0.4, 0.5) is 0 Å². The summed E-state index contributed by atoms with van der Waals surface area (Å²) in [6.07, 6.45) is 0.931. The Kier molecular flexibility index (Phi) is 3.56. The van der Waals surface area contributed by atoms with Gasteiger partial charge in [0, 0.05) is 12.6 Å². The van der Waals surface area contributed by atoms with Crippen LogP contribution in [0.5, 0.6) is 0 Å². The Bertz CT molecular complexity index is 325. The Morgan fingerprint density at radius 1 is 1.87 bits per heavy atom. The van der Waals surface area contributed by atoms with Crippen molar-refractivity contribution in [1.29, 1.82) is 10.7 Å². The van der Waals surface area contributed by atoms with Crippen LogP contribution >= 0.6 is 0 Å². The van der Waals surface area contributed by atoms with Crippen LogP contribution in [0.1, 0.15) is 20.3 Å². The van der Waals surface area contributed by atoms with Crippen molar-refractivity contribution in [2.45, 2.75) is 26.3 Å². The van der Waals surface area contributed by atoms with E-state index >= 15 is 0 Å². The Labute approximate surface area is 89.8 Å². The van der Waals surface area contributed by atoms with Crippen LogP contribution in [0, 0.1) is 22.7 Å². The lowest BCUT2D eigenvalue weighted by molar-refractivity contribution is 0.636. The summed E-state index contributed by atoms with van der Waals surface area (Å²) in [7, 11) is 0. The monoisotopic (exact) mass is 207 g/mol. The standard InChI is InChI=1S/C10H17N5/c1-3-6(2)15-10(13)8-7(4-11)5-14-9(8)12/h6-7,14H,3,5,12H2,1-2H3,(H2,13,15)/t6-,7?/m0/s1. The molecular weight excluding hydrogens is 190 g/mol. The normalized spacial score (nSPS) is 21.8. The first-order valence-corrected chi connectivity index (χ1v) is 5.08. The van der Waals surface area contributed by atoms with E-state index in [0.717, 1.165) is 6.42 Å². The Morgan fingerprint density at radius 3 is 3.07 bits per heavy atom. The van der Waals surface area contributed by atoms with E-state index in [-0.39, 0.29) is 17.8 Å². The van der Waals surface area contributed by atoms with Gasteiger partial charge in [0.05, 0.1) is 17.6 Å². The summed E-state index contributed by atoms with van der Waals surface area (Å²) in [6, 6.07) is 2.36. The quantitative estimate of drug-likeness (QED) is 0.394. The molecule has 2 atom stereocenters. The van der Waals surface area contributed by atoms with Crippen molar-refractivity contribution in [2.75, 3.05) is 6.54 Å². The SMILES string of the molecule is CC[C@H](C)NC(=N)C1=C(N)NCC1C#N. The fourth-order valence-corrected chi connectivity index (χ4v) is 1.44. The van der Waals surface area contributed by atoms with Crippen molar-refractivity contribution in [3.8, 4) is 6.07 Å². The maximum Gasteiger partial charge on any atom is 0.126 e. The molecule has 0 aliphatic carbocycles. The second kappa shape index (κ2) is 4.69. The van der Waals surface area contributed by atoms with E-state index in [9.17, 15) is 0 Å². The molecule has 0 aromatic rings. The average molecular weight is 207 g/mol. The fraction of sp³-hybridized carbons (Fsp3) is 0.600. The summed E-state index contributed by atoms with van der Waals surface area (Å²) >= 11 is 0. The highest BCUT2D eigenvalue weighted by Crippen LogP contribution is 2.17. The lowest BCUT2D eigenvalue weighted by Crippen LogP contribution is -2.34. The molecular formula is C10H17N5. The van der Waals surface area contributed by atoms with E-state index in [1.807, 2.05) is 13.8 Å². The van der Waals surface area contributed by atoms with Crippen LogP contribution in [0.3, 0.4) is 0 Å². The summed E-state index contributed by atoms with van der Waals surface area (Å²) < 4.78 is 0. The van der Waals surface area contributed by atoms with Gasteiger partial charge in [-0.15, -0.1) is 0 Å². The highest BCUT2D eigenvalue weighted by atomic mass is 15.1. The lowest BCUT2D eigenvalue weighted by Gasteiger charge is -2.15. The zero-order chi connectivity index (χ0) is 11.4. The van der Waals surface area contributed by atoms with Gasteiger partial charge in [0.2, 0.25) is 0 Å². The minimum Gasteiger partial charge on any atom is -0.385 e. The van der Waals surface area contributed by atoms with Gasteiger partial charge in [-0.25, -0.2) is 0 Å². The maximum atomic E-state index is 8.89. The molecule has 0 amide bonds. The molecule has 0 radical (unpaired) electrons. The summed E-state index contributed by atoms with van der Waals surface area (Å²) in [5.41, 5.74) is 6.29. The van der Waals surface area contributed by atoms with E-state index in [2.05, 4.69) is 16.7 Å². The molecule has 1 aliphatic rings. The molecule has 5 heteroatoms. The van der Waals surface area contributed by atoms with Gasteiger partial charge in [-0.2, -0.15) is 5.26 Å². The second-order valence-corrected chi connectivity index (χ2v) is 3.72. The molecule has 5 N–H and O–H groups in total. The predicted molar refractivity (Wildman–Crippen MR) is 58.9 cm³/mol. The van der Waals surface area contributed by atoms with Crippen molar-refractivity contribution in [3.05, 3.63) is 11.4 Å². The molecule has 0 saturated heterocycles. The van der Waals surface area contributed by atoms with Crippen molar-refractivity contribution in [3.63, 3.8) is 0 Å². The molecule has 0 aromatic carbocycles. The largest absolute Gasteiger partial charge is 0.385 e. The molecule has 1 rings (SSSR count). The molecule has 0 saturated carbocycles. The molecule has 82 valence electrons. The Balaban J connectivity index is 2.74. The van der Waals surface area contributed by atoms with Crippen LogP contribution in [-0.2, 0) is 0 Å². The molecule has 1 aliphatic heterocycles. The summed E-state index contributed by atoms with van der Waals surface area (Å²) in [5.74, 6) is 0.398. The second-order valence-electron chi connectivity index (χ2n) is 3.72. The minimum atomic E-state index is -0.311. The van der Waals surface area contributed by atoms with Gasteiger partial charge in [-0.3, -0.25) is 5.41 Å². The number of hydrogen-bond acceptors (Lipinski definition) is 4. The summed E-state index contributed by atoms with van der Waals surface area (Å²) in [5, 5.41) is 22.7. The average Bonchev–Trinajstić information content (AvgIpc) is 2.59. The van der Waals surface area contributed by atoms with Gasteiger partial charge in [-0.1, -0.05) is 6.92 Å². The van der Waals surface area contributed by atoms with E-state index in [4.69, 9.17) is 16.4 Å². The van der Waals surface area contributed by atoms with Crippen LogP contribution in [0.25, 0.3) is 0 Å². The first kappa shape index (κ1) is 11.4. The molecule has 5 nitrogen and oxygen atoms in total. The fourth-order valence-electron chi connectivity index (χ4n) is 1.44. The van der Waals surface area contributed by atoms with Gasteiger partial charge in [-0.05, 0) is 13.3 Å². The lowest BCUT2D eigenvalue weighted by atomic mass is 10.0. The third-order valence-electron chi connectivity index (χ3n) is 2.56. The van der Waals surface area contributed by atoms with Crippen molar-refractivity contribution in [1.82, 2.24) is 10.6 Å². The molecule has 0 aromatic heterocycles. The van der Waals surface area contributed by atoms with Crippen LogP contribution in [-0.4, -0.2) is 18.4 Å². The minimum absolute atomic E-state index is 0.220. The highest BCUT2D eigenvalue weighted by Gasteiger charge is 2.27. The predicted octanol–water partition coefficient (Wildman–Crippen LogP) is 0.265. The number of nitriles is 1. The third-order valence-corrected chi connectivity index (χ3v) is 2.56. The number of nitrogens with zero attached hydrogens (tertiary/aromatic N) is 1. The topological polar surface area (TPSA) is 97.7 Å². The zero-order valence-corrected chi connectivity index (χ0v) is 9.09. The van der Waals surface area contributed by atoms with Crippen molar-refractivity contribution >= 4 is 5.84 Å². The summed E-state index contributed by atoms with van der Waals surface area (Å²) in [4.78, 5) is 0. The summed E-state index contributed by atoms with van der Waals surface area (Å²) in [6.45, 7) is 4.54. The molecule has 15 heavy (non-hydrogen) atoms. The van der Waals surface area contributed by atoms with Gasteiger partial charge in [0.25, 0.3) is 0 Å². The van der Waals surface area contributed by atoms with Gasteiger partial charge in [0.1, 0.15) is 11.7 Å². The third kappa shape index (κ3) is 2.40. The van der Waals surface area contributed by atoms with E-state index in [1.165, 1.54) is 0 Å².